The van der Waals surface area contributed by atoms with Gasteiger partial charge in [0.25, 0.3) is 0 Å². The van der Waals surface area contributed by atoms with Gasteiger partial charge in [0.1, 0.15) is 5.82 Å². The van der Waals surface area contributed by atoms with E-state index in [1.807, 2.05) is 13.8 Å². The van der Waals surface area contributed by atoms with E-state index in [2.05, 4.69) is 0 Å². The molecule has 0 saturated heterocycles. The highest BCUT2D eigenvalue weighted by atomic mass is 35.5. The summed E-state index contributed by atoms with van der Waals surface area (Å²) >= 11 is 0. The third-order valence-electron chi connectivity index (χ3n) is 2.15. The molecule has 1 rings (SSSR count). The molecule has 16 heavy (non-hydrogen) atoms. The van der Waals surface area contributed by atoms with Crippen LogP contribution in [0.3, 0.4) is 0 Å². The minimum absolute atomic E-state index is 0. The van der Waals surface area contributed by atoms with Crippen LogP contribution in [0.2, 0.25) is 0 Å². The monoisotopic (exact) mass is 253 g/mol. The molecule has 0 spiro atoms. The second-order valence-electron chi connectivity index (χ2n) is 4.03. The van der Waals surface area contributed by atoms with Crippen molar-refractivity contribution in [3.05, 3.63) is 35.1 Å². The summed E-state index contributed by atoms with van der Waals surface area (Å²) in [5, 5.41) is 0. The highest BCUT2D eigenvalue weighted by molar-refractivity contribution is 5.85. The maximum absolute atomic E-state index is 13.3. The quantitative estimate of drug-likeness (QED) is 0.819. The standard InChI is InChI=1S/C11H14F3N.ClH/c1-6(2)3-10(15)8-4-7(12)5-9(13)11(8)14;/h4-6,10H,3,15H2,1-2H3;1H/t10-;/m1./s1. The lowest BCUT2D eigenvalue weighted by atomic mass is 9.97. The predicted octanol–water partition coefficient (Wildman–Crippen LogP) is 3.57. The number of nitrogens with two attached hydrogens (primary N) is 1. The van der Waals surface area contributed by atoms with Gasteiger partial charge in [0, 0.05) is 17.7 Å². The van der Waals surface area contributed by atoms with Crippen molar-refractivity contribution in [2.45, 2.75) is 26.3 Å². The van der Waals surface area contributed by atoms with Gasteiger partial charge in [-0.15, -0.1) is 12.4 Å². The lowest BCUT2D eigenvalue weighted by Crippen LogP contribution is -2.15. The average Bonchev–Trinajstić information content (AvgIpc) is 2.09. The van der Waals surface area contributed by atoms with Crippen LogP contribution in [0.15, 0.2) is 12.1 Å². The first-order valence-corrected chi connectivity index (χ1v) is 4.81. The molecule has 0 unspecified atom stereocenters. The first-order valence-electron chi connectivity index (χ1n) is 4.81. The Balaban J connectivity index is 0.00000225. The van der Waals surface area contributed by atoms with Crippen molar-refractivity contribution < 1.29 is 13.2 Å². The molecule has 0 radical (unpaired) electrons. The van der Waals surface area contributed by atoms with E-state index in [1.165, 1.54) is 0 Å². The fraction of sp³-hybridized carbons (Fsp3) is 0.455. The molecule has 0 aromatic heterocycles. The molecule has 1 aromatic rings. The molecule has 0 aliphatic heterocycles. The van der Waals surface area contributed by atoms with Crippen LogP contribution in [-0.2, 0) is 0 Å². The van der Waals surface area contributed by atoms with Crippen LogP contribution in [0, 0.1) is 23.4 Å². The number of halogens is 4. The van der Waals surface area contributed by atoms with Gasteiger partial charge in [-0.2, -0.15) is 0 Å². The van der Waals surface area contributed by atoms with Crippen LogP contribution in [-0.4, -0.2) is 0 Å². The van der Waals surface area contributed by atoms with Gasteiger partial charge in [-0.05, 0) is 18.4 Å². The zero-order valence-corrected chi connectivity index (χ0v) is 9.95. The lowest BCUT2D eigenvalue weighted by Gasteiger charge is -2.15. The van der Waals surface area contributed by atoms with Crippen molar-refractivity contribution in [2.75, 3.05) is 0 Å². The van der Waals surface area contributed by atoms with E-state index in [-0.39, 0.29) is 23.9 Å². The molecular weight excluding hydrogens is 239 g/mol. The third kappa shape index (κ3) is 3.68. The molecule has 5 heteroatoms. The van der Waals surface area contributed by atoms with E-state index >= 15 is 0 Å². The van der Waals surface area contributed by atoms with E-state index in [1.54, 1.807) is 0 Å². The Bertz CT molecular complexity index is 355. The largest absolute Gasteiger partial charge is 0.324 e. The smallest absolute Gasteiger partial charge is 0.163 e. The van der Waals surface area contributed by atoms with Gasteiger partial charge in [0.05, 0.1) is 0 Å². The van der Waals surface area contributed by atoms with Crippen molar-refractivity contribution in [3.8, 4) is 0 Å². The fourth-order valence-corrected chi connectivity index (χ4v) is 1.48. The molecule has 1 aromatic carbocycles. The van der Waals surface area contributed by atoms with Crippen molar-refractivity contribution in [1.29, 1.82) is 0 Å². The van der Waals surface area contributed by atoms with E-state index in [4.69, 9.17) is 5.73 Å². The van der Waals surface area contributed by atoms with E-state index in [0.717, 1.165) is 6.07 Å². The van der Waals surface area contributed by atoms with Gasteiger partial charge in [0.2, 0.25) is 0 Å². The molecule has 1 nitrogen and oxygen atoms in total. The molecular formula is C11H15ClF3N. The number of hydrogen-bond donors (Lipinski definition) is 1. The van der Waals surface area contributed by atoms with Crippen LogP contribution < -0.4 is 5.73 Å². The molecule has 0 aliphatic carbocycles. The van der Waals surface area contributed by atoms with Gasteiger partial charge in [-0.3, -0.25) is 0 Å². The van der Waals surface area contributed by atoms with Crippen LogP contribution in [0.1, 0.15) is 31.9 Å². The second-order valence-corrected chi connectivity index (χ2v) is 4.03. The van der Waals surface area contributed by atoms with Gasteiger partial charge in [-0.25, -0.2) is 13.2 Å². The summed E-state index contributed by atoms with van der Waals surface area (Å²) < 4.78 is 39.0. The molecule has 0 bridgehead atoms. The molecule has 92 valence electrons. The normalized spacial score (nSPS) is 12.4. The molecule has 0 heterocycles. The van der Waals surface area contributed by atoms with Crippen molar-refractivity contribution in [1.82, 2.24) is 0 Å². The van der Waals surface area contributed by atoms with Gasteiger partial charge >= 0.3 is 0 Å². The van der Waals surface area contributed by atoms with Crippen molar-refractivity contribution in [2.24, 2.45) is 11.7 Å². The summed E-state index contributed by atoms with van der Waals surface area (Å²) in [5.41, 5.74) is 5.57. The predicted molar refractivity (Wildman–Crippen MR) is 59.9 cm³/mol. The highest BCUT2D eigenvalue weighted by Gasteiger charge is 2.17. The Morgan fingerprint density at radius 1 is 1.19 bits per heavy atom. The van der Waals surface area contributed by atoms with Crippen molar-refractivity contribution in [3.63, 3.8) is 0 Å². The Kier molecular flexibility index (Phi) is 5.83. The summed E-state index contributed by atoms with van der Waals surface area (Å²) in [5.74, 6) is -2.80. The zero-order valence-electron chi connectivity index (χ0n) is 9.14. The molecule has 0 amide bonds. The Hall–Kier alpha value is -0.740. The molecule has 0 fully saturated rings. The van der Waals surface area contributed by atoms with E-state index in [9.17, 15) is 13.2 Å². The molecule has 2 N–H and O–H groups in total. The van der Waals surface area contributed by atoms with Gasteiger partial charge in [-0.1, -0.05) is 13.8 Å². The zero-order chi connectivity index (χ0) is 11.6. The van der Waals surface area contributed by atoms with Gasteiger partial charge in [0.15, 0.2) is 11.6 Å². The summed E-state index contributed by atoms with van der Waals surface area (Å²) in [6, 6.07) is 0.794. The van der Waals surface area contributed by atoms with Crippen LogP contribution in [0.4, 0.5) is 13.2 Å². The lowest BCUT2D eigenvalue weighted by molar-refractivity contribution is 0.449. The van der Waals surface area contributed by atoms with Crippen LogP contribution >= 0.6 is 12.4 Å². The summed E-state index contributed by atoms with van der Waals surface area (Å²) in [4.78, 5) is 0. The first kappa shape index (κ1) is 15.3. The van der Waals surface area contributed by atoms with Crippen LogP contribution in [0.5, 0.6) is 0 Å². The van der Waals surface area contributed by atoms with E-state index < -0.39 is 23.5 Å². The second kappa shape index (κ2) is 6.11. The van der Waals surface area contributed by atoms with E-state index in [0.29, 0.717) is 12.5 Å². The number of benzene rings is 1. The maximum atomic E-state index is 13.3. The summed E-state index contributed by atoms with van der Waals surface area (Å²) in [6.07, 6.45) is 0.486. The fourth-order valence-electron chi connectivity index (χ4n) is 1.48. The summed E-state index contributed by atoms with van der Waals surface area (Å²) in [6.45, 7) is 3.82. The molecule has 0 saturated carbocycles. The van der Waals surface area contributed by atoms with Gasteiger partial charge < -0.3 is 5.73 Å². The summed E-state index contributed by atoms with van der Waals surface area (Å²) in [7, 11) is 0. The Morgan fingerprint density at radius 3 is 2.25 bits per heavy atom. The minimum atomic E-state index is -1.19. The number of hydrogen-bond acceptors (Lipinski definition) is 1. The van der Waals surface area contributed by atoms with Crippen LogP contribution in [0.25, 0.3) is 0 Å². The average molecular weight is 254 g/mol. The molecule has 1 atom stereocenters. The molecule has 0 aliphatic rings. The highest BCUT2D eigenvalue weighted by Crippen LogP contribution is 2.24. The first-order chi connectivity index (χ1) is 6.91. The number of rotatable bonds is 3. The Labute approximate surface area is 99.2 Å². The minimum Gasteiger partial charge on any atom is -0.324 e. The van der Waals surface area contributed by atoms with Crippen molar-refractivity contribution >= 4 is 12.4 Å². The maximum Gasteiger partial charge on any atom is 0.163 e. The third-order valence-corrected chi connectivity index (χ3v) is 2.15. The Morgan fingerprint density at radius 2 is 1.75 bits per heavy atom. The SMILES string of the molecule is CC(C)C[C@@H](N)c1cc(F)cc(F)c1F.Cl. The topological polar surface area (TPSA) is 26.0 Å².